The molecule has 0 saturated heterocycles. The second-order valence-corrected chi connectivity index (χ2v) is 7.52. The predicted molar refractivity (Wildman–Crippen MR) is 104 cm³/mol. The number of rotatable bonds is 8. The molecule has 1 aromatic carbocycles. The molecule has 0 heterocycles. The number of methoxy groups -OCH3 is 1. The van der Waals surface area contributed by atoms with Crippen LogP contribution in [0.15, 0.2) is 12.1 Å². The third kappa shape index (κ3) is 7.57. The molecule has 0 saturated carbocycles. The summed E-state index contributed by atoms with van der Waals surface area (Å²) < 4.78 is 15.4. The van der Waals surface area contributed by atoms with Gasteiger partial charge in [-0.15, -0.1) is 0 Å². The Kier molecular flexibility index (Phi) is 8.38. The summed E-state index contributed by atoms with van der Waals surface area (Å²) in [5, 5.41) is 23.6. The van der Waals surface area contributed by atoms with E-state index < -0.39 is 34.7 Å². The van der Waals surface area contributed by atoms with Crippen LogP contribution in [0.5, 0.6) is 5.75 Å². The van der Waals surface area contributed by atoms with Gasteiger partial charge in [0, 0.05) is 18.6 Å². The largest absolute Gasteiger partial charge is 0.493 e. The lowest BCUT2D eigenvalue weighted by Gasteiger charge is -2.25. The Balaban J connectivity index is 2.76. The maximum absolute atomic E-state index is 11.9. The number of aliphatic hydroxyl groups excluding tert-OH is 1. The lowest BCUT2D eigenvalue weighted by molar-refractivity contribution is -0.385. The molecule has 1 rings (SSSR count). The first-order chi connectivity index (χ1) is 13.4. The van der Waals surface area contributed by atoms with Gasteiger partial charge < -0.3 is 24.6 Å². The molecule has 0 aliphatic carbocycles. The first-order valence-corrected chi connectivity index (χ1v) is 8.99. The fraction of sp³-hybridized carbons (Fsp3) is 0.579. The van der Waals surface area contributed by atoms with Gasteiger partial charge in [-0.25, -0.2) is 9.59 Å². The van der Waals surface area contributed by atoms with E-state index in [1.54, 1.807) is 34.6 Å². The number of aliphatic hydroxyl groups is 1. The SMILES string of the molecule is COC(=O)[C@@H](NC(=O)OC(C)(C)C)[C@H](O)CCOc1c(C)cc([N+](=O)[O-])cc1C. The lowest BCUT2D eigenvalue weighted by atomic mass is 10.1. The van der Waals surface area contributed by atoms with Gasteiger partial charge in [0.05, 0.1) is 24.7 Å². The highest BCUT2D eigenvalue weighted by atomic mass is 16.6. The number of hydrogen-bond donors (Lipinski definition) is 2. The zero-order chi connectivity index (χ0) is 22.4. The molecule has 0 aliphatic heterocycles. The number of esters is 1. The van der Waals surface area contributed by atoms with Crippen molar-refractivity contribution in [1.82, 2.24) is 5.32 Å². The van der Waals surface area contributed by atoms with Gasteiger partial charge in [-0.2, -0.15) is 0 Å². The summed E-state index contributed by atoms with van der Waals surface area (Å²) in [6.45, 7) is 8.35. The summed E-state index contributed by atoms with van der Waals surface area (Å²) in [6.07, 6.45) is -2.17. The molecule has 0 spiro atoms. The summed E-state index contributed by atoms with van der Waals surface area (Å²) in [5.41, 5.74) is 0.328. The van der Waals surface area contributed by atoms with E-state index in [2.05, 4.69) is 10.1 Å². The molecule has 0 radical (unpaired) electrons. The normalized spacial score (nSPS) is 13.2. The van der Waals surface area contributed by atoms with Crippen LogP contribution in [0, 0.1) is 24.0 Å². The van der Waals surface area contributed by atoms with Crippen molar-refractivity contribution in [3.05, 3.63) is 33.4 Å². The number of nitro groups is 1. The average molecular weight is 412 g/mol. The molecule has 0 bridgehead atoms. The molecule has 0 fully saturated rings. The van der Waals surface area contributed by atoms with E-state index in [4.69, 9.17) is 9.47 Å². The number of benzene rings is 1. The molecule has 29 heavy (non-hydrogen) atoms. The second-order valence-electron chi connectivity index (χ2n) is 7.52. The van der Waals surface area contributed by atoms with Crippen molar-refractivity contribution in [2.24, 2.45) is 0 Å². The molecular formula is C19H28N2O8. The zero-order valence-electron chi connectivity index (χ0n) is 17.5. The number of nitrogens with zero attached hydrogens (tertiary/aromatic N) is 1. The van der Waals surface area contributed by atoms with Gasteiger partial charge in [0.1, 0.15) is 11.4 Å². The smallest absolute Gasteiger partial charge is 0.408 e. The highest BCUT2D eigenvalue weighted by Gasteiger charge is 2.31. The van der Waals surface area contributed by atoms with Crippen molar-refractivity contribution >= 4 is 17.7 Å². The maximum Gasteiger partial charge on any atom is 0.408 e. The summed E-state index contributed by atoms with van der Waals surface area (Å²) >= 11 is 0. The van der Waals surface area contributed by atoms with Crippen LogP contribution in [0.2, 0.25) is 0 Å². The third-order valence-corrected chi connectivity index (χ3v) is 3.83. The van der Waals surface area contributed by atoms with Crippen LogP contribution >= 0.6 is 0 Å². The number of nitrogens with one attached hydrogen (secondary N) is 1. The van der Waals surface area contributed by atoms with Gasteiger partial charge in [-0.05, 0) is 45.7 Å². The van der Waals surface area contributed by atoms with Gasteiger partial charge >= 0.3 is 12.1 Å². The Hall–Kier alpha value is -2.88. The number of ether oxygens (including phenoxy) is 3. The molecule has 10 heteroatoms. The predicted octanol–water partition coefficient (Wildman–Crippen LogP) is 2.41. The molecule has 10 nitrogen and oxygen atoms in total. The van der Waals surface area contributed by atoms with Crippen molar-refractivity contribution in [3.8, 4) is 5.75 Å². The molecule has 0 aromatic heterocycles. The molecule has 0 aliphatic rings. The summed E-state index contributed by atoms with van der Waals surface area (Å²) in [4.78, 5) is 34.3. The topological polar surface area (TPSA) is 137 Å². The molecule has 0 unspecified atom stereocenters. The van der Waals surface area contributed by atoms with Crippen molar-refractivity contribution in [2.45, 2.75) is 58.8 Å². The minimum atomic E-state index is -1.34. The maximum atomic E-state index is 11.9. The fourth-order valence-electron chi connectivity index (χ4n) is 2.58. The first-order valence-electron chi connectivity index (χ1n) is 8.99. The van der Waals surface area contributed by atoms with E-state index in [9.17, 15) is 24.8 Å². The van der Waals surface area contributed by atoms with Crippen molar-refractivity contribution in [3.63, 3.8) is 0 Å². The average Bonchev–Trinajstić information content (AvgIpc) is 2.59. The molecule has 1 amide bonds. The van der Waals surface area contributed by atoms with E-state index in [-0.39, 0.29) is 18.7 Å². The Bertz CT molecular complexity index is 734. The molecule has 1 aromatic rings. The molecule has 162 valence electrons. The Morgan fingerprint density at radius 2 is 1.79 bits per heavy atom. The Labute approximate surface area is 169 Å². The van der Waals surface area contributed by atoms with Crippen LogP contribution in [0.1, 0.15) is 38.3 Å². The van der Waals surface area contributed by atoms with Gasteiger partial charge in [-0.3, -0.25) is 10.1 Å². The number of hydrogen-bond acceptors (Lipinski definition) is 8. The van der Waals surface area contributed by atoms with Crippen LogP contribution in [0.4, 0.5) is 10.5 Å². The van der Waals surface area contributed by atoms with Gasteiger partial charge in [0.2, 0.25) is 0 Å². The van der Waals surface area contributed by atoms with Crippen LogP contribution < -0.4 is 10.1 Å². The number of non-ortho nitro benzene ring substituents is 1. The number of nitro benzene ring substituents is 1. The van der Waals surface area contributed by atoms with Crippen LogP contribution in [0.3, 0.4) is 0 Å². The number of alkyl carbamates (subject to hydrolysis) is 1. The third-order valence-electron chi connectivity index (χ3n) is 3.83. The monoisotopic (exact) mass is 412 g/mol. The van der Waals surface area contributed by atoms with Crippen LogP contribution in [-0.2, 0) is 14.3 Å². The molecular weight excluding hydrogens is 384 g/mol. The Morgan fingerprint density at radius 1 is 1.24 bits per heavy atom. The lowest BCUT2D eigenvalue weighted by Crippen LogP contribution is -2.51. The second kappa shape index (κ2) is 10.1. The fourth-order valence-corrected chi connectivity index (χ4v) is 2.58. The summed E-state index contributed by atoms with van der Waals surface area (Å²) in [7, 11) is 1.14. The number of aryl methyl sites for hydroxylation is 2. The van der Waals surface area contributed by atoms with Crippen molar-refractivity contribution in [1.29, 1.82) is 0 Å². The first kappa shape index (κ1) is 24.2. The quantitative estimate of drug-likeness (QED) is 0.377. The van der Waals surface area contributed by atoms with E-state index in [0.717, 1.165) is 7.11 Å². The highest BCUT2D eigenvalue weighted by molar-refractivity contribution is 5.82. The number of carbonyl (C=O) groups excluding carboxylic acids is 2. The van der Waals surface area contributed by atoms with E-state index >= 15 is 0 Å². The molecule has 2 N–H and O–H groups in total. The summed E-state index contributed by atoms with van der Waals surface area (Å²) in [5.74, 6) is -0.372. The van der Waals surface area contributed by atoms with Crippen LogP contribution in [-0.4, -0.2) is 53.6 Å². The van der Waals surface area contributed by atoms with Crippen molar-refractivity contribution in [2.75, 3.05) is 13.7 Å². The summed E-state index contributed by atoms with van der Waals surface area (Å²) in [6, 6.07) is 1.44. The minimum absolute atomic E-state index is 0.00412. The number of amides is 1. The Morgan fingerprint density at radius 3 is 2.24 bits per heavy atom. The zero-order valence-corrected chi connectivity index (χ0v) is 17.5. The number of carbonyl (C=O) groups is 2. The highest BCUT2D eigenvalue weighted by Crippen LogP contribution is 2.28. The van der Waals surface area contributed by atoms with E-state index in [1.807, 2.05) is 0 Å². The van der Waals surface area contributed by atoms with E-state index in [1.165, 1.54) is 12.1 Å². The van der Waals surface area contributed by atoms with Gasteiger partial charge in [0.15, 0.2) is 6.04 Å². The van der Waals surface area contributed by atoms with E-state index in [0.29, 0.717) is 16.9 Å². The molecule has 2 atom stereocenters. The van der Waals surface area contributed by atoms with Crippen molar-refractivity contribution < 1.29 is 33.8 Å². The van der Waals surface area contributed by atoms with Crippen LogP contribution in [0.25, 0.3) is 0 Å². The minimum Gasteiger partial charge on any atom is -0.493 e. The van der Waals surface area contributed by atoms with Gasteiger partial charge in [-0.1, -0.05) is 0 Å². The standard InChI is InChI=1S/C19H28N2O8/c1-11-9-13(21(25)26)10-12(2)16(11)28-8-7-14(22)15(17(23)27-6)20-18(24)29-19(3,4)5/h9-10,14-15,22H,7-8H2,1-6H3,(H,20,24)/t14-,15+/m1/s1. The van der Waals surface area contributed by atoms with Gasteiger partial charge in [0.25, 0.3) is 5.69 Å².